The molecule has 0 aliphatic heterocycles. The van der Waals surface area contributed by atoms with Gasteiger partial charge in [-0.2, -0.15) is 0 Å². The van der Waals surface area contributed by atoms with Gasteiger partial charge in [0.2, 0.25) is 0 Å². The van der Waals surface area contributed by atoms with E-state index in [-0.39, 0.29) is 11.3 Å². The number of nitrogens with one attached hydrogen (secondary N) is 1. The normalized spacial score (nSPS) is 11.6. The summed E-state index contributed by atoms with van der Waals surface area (Å²) in [6.45, 7) is 6.00. The van der Waals surface area contributed by atoms with Crippen LogP contribution in [0.25, 0.3) is 10.8 Å². The number of hydrogen-bond acceptors (Lipinski definition) is 5. The van der Waals surface area contributed by atoms with E-state index in [1.165, 1.54) is 11.3 Å². The van der Waals surface area contributed by atoms with Gasteiger partial charge >= 0.3 is 0 Å². The van der Waals surface area contributed by atoms with E-state index in [4.69, 9.17) is 10.3 Å². The van der Waals surface area contributed by atoms with Crippen LogP contribution in [0, 0.1) is 0 Å². The molecule has 1 amide bonds. The van der Waals surface area contributed by atoms with Gasteiger partial charge in [0.1, 0.15) is 4.88 Å². The molecular formula is C12H15N3O2S. The van der Waals surface area contributed by atoms with Gasteiger partial charge in [0.25, 0.3) is 5.91 Å². The zero-order chi connectivity index (χ0) is 13.3. The maximum atomic E-state index is 11.8. The third-order valence-electron chi connectivity index (χ3n) is 2.41. The quantitative estimate of drug-likeness (QED) is 0.496. The maximum absolute atomic E-state index is 11.8. The predicted molar refractivity (Wildman–Crippen MR) is 70.2 cm³/mol. The number of furan rings is 1. The van der Waals surface area contributed by atoms with Crippen LogP contribution in [-0.4, -0.2) is 10.9 Å². The molecule has 0 saturated carbocycles. The van der Waals surface area contributed by atoms with Crippen LogP contribution in [-0.2, 0) is 5.41 Å². The summed E-state index contributed by atoms with van der Waals surface area (Å²) in [6, 6.07) is 3.60. The van der Waals surface area contributed by atoms with Crippen LogP contribution < -0.4 is 11.3 Å². The van der Waals surface area contributed by atoms with Crippen molar-refractivity contribution in [1.29, 1.82) is 0 Å². The lowest BCUT2D eigenvalue weighted by molar-refractivity contribution is 0.0955. The summed E-state index contributed by atoms with van der Waals surface area (Å²) in [7, 11) is 0. The molecule has 2 heterocycles. The van der Waals surface area contributed by atoms with Gasteiger partial charge in [-0.05, 0) is 12.1 Å². The number of aromatic nitrogens is 1. The van der Waals surface area contributed by atoms with Crippen molar-refractivity contribution in [2.75, 3.05) is 0 Å². The number of hydrazine groups is 1. The Bertz CT molecular complexity index is 552. The molecule has 0 aromatic carbocycles. The van der Waals surface area contributed by atoms with Crippen LogP contribution in [0.4, 0.5) is 0 Å². The van der Waals surface area contributed by atoms with Crippen LogP contribution in [0.5, 0.6) is 0 Å². The van der Waals surface area contributed by atoms with E-state index in [2.05, 4.69) is 10.4 Å². The first-order valence-corrected chi connectivity index (χ1v) is 6.31. The lowest BCUT2D eigenvalue weighted by Crippen LogP contribution is -2.31. The second-order valence-corrected chi connectivity index (χ2v) is 5.90. The maximum Gasteiger partial charge on any atom is 0.277 e. The first-order chi connectivity index (χ1) is 8.43. The van der Waals surface area contributed by atoms with Crippen molar-refractivity contribution in [3.63, 3.8) is 0 Å². The van der Waals surface area contributed by atoms with Gasteiger partial charge in [-0.15, -0.1) is 11.3 Å². The first kappa shape index (κ1) is 12.8. The first-order valence-electron chi connectivity index (χ1n) is 5.49. The van der Waals surface area contributed by atoms with Crippen molar-refractivity contribution >= 4 is 17.2 Å². The smallest absolute Gasteiger partial charge is 0.277 e. The van der Waals surface area contributed by atoms with Gasteiger partial charge in [-0.1, -0.05) is 20.8 Å². The number of carbonyl (C=O) groups excluding carboxylic acids is 1. The van der Waals surface area contributed by atoms with E-state index < -0.39 is 0 Å². The van der Waals surface area contributed by atoms with E-state index in [1.54, 1.807) is 12.3 Å². The van der Waals surface area contributed by atoms with Crippen LogP contribution in [0.3, 0.4) is 0 Å². The Morgan fingerprint density at radius 3 is 2.72 bits per heavy atom. The summed E-state index contributed by atoms with van der Waals surface area (Å²) < 4.78 is 5.30. The zero-order valence-electron chi connectivity index (χ0n) is 10.5. The number of nitrogens with zero attached hydrogens (tertiary/aromatic N) is 1. The number of thiazole rings is 1. The third kappa shape index (κ3) is 2.30. The molecule has 0 fully saturated rings. The molecule has 0 radical (unpaired) electrons. The number of hydrogen-bond donors (Lipinski definition) is 2. The molecule has 0 spiro atoms. The van der Waals surface area contributed by atoms with Crippen molar-refractivity contribution in [1.82, 2.24) is 10.4 Å². The molecule has 96 valence electrons. The fourth-order valence-corrected chi connectivity index (χ4v) is 2.70. The van der Waals surface area contributed by atoms with E-state index in [0.717, 1.165) is 5.69 Å². The van der Waals surface area contributed by atoms with Gasteiger partial charge in [0, 0.05) is 5.41 Å². The Morgan fingerprint density at radius 2 is 2.22 bits per heavy atom. The Morgan fingerprint density at radius 1 is 1.50 bits per heavy atom. The Balaban J connectivity index is 2.54. The zero-order valence-corrected chi connectivity index (χ0v) is 11.3. The van der Waals surface area contributed by atoms with Crippen molar-refractivity contribution in [3.8, 4) is 10.8 Å². The summed E-state index contributed by atoms with van der Waals surface area (Å²) in [6.07, 6.45) is 1.58. The minimum atomic E-state index is -0.324. The Labute approximate surface area is 109 Å². The SMILES string of the molecule is CC(C)(C)c1nc(-c2ccco2)sc1C(=O)NN. The van der Waals surface area contributed by atoms with E-state index in [1.807, 2.05) is 26.8 Å². The molecule has 0 unspecified atom stereocenters. The number of carbonyl (C=O) groups is 1. The largest absolute Gasteiger partial charge is 0.462 e. The highest BCUT2D eigenvalue weighted by Crippen LogP contribution is 2.34. The molecule has 2 rings (SSSR count). The molecule has 6 heteroatoms. The van der Waals surface area contributed by atoms with Gasteiger partial charge in [0.15, 0.2) is 10.8 Å². The number of amides is 1. The standard InChI is InChI=1S/C12H15N3O2S/c1-12(2,3)9-8(10(16)15-13)18-11(14-9)7-5-4-6-17-7/h4-6H,13H2,1-3H3,(H,15,16). The molecule has 2 aromatic rings. The lowest BCUT2D eigenvalue weighted by Gasteiger charge is -2.16. The summed E-state index contributed by atoms with van der Waals surface area (Å²) in [5.74, 6) is 5.53. The summed E-state index contributed by atoms with van der Waals surface area (Å²) in [5.41, 5.74) is 2.64. The fourth-order valence-electron chi connectivity index (χ4n) is 1.55. The van der Waals surface area contributed by atoms with Gasteiger partial charge in [-0.3, -0.25) is 10.2 Å². The number of rotatable bonds is 2. The molecular weight excluding hydrogens is 250 g/mol. The molecule has 3 N–H and O–H groups in total. The highest BCUT2D eigenvalue weighted by molar-refractivity contribution is 7.17. The molecule has 0 bridgehead atoms. The molecule has 18 heavy (non-hydrogen) atoms. The summed E-state index contributed by atoms with van der Waals surface area (Å²) in [5, 5.41) is 0.684. The van der Waals surface area contributed by atoms with Gasteiger partial charge in [-0.25, -0.2) is 10.8 Å². The average Bonchev–Trinajstić information content (AvgIpc) is 2.94. The van der Waals surface area contributed by atoms with Crippen LogP contribution in [0.15, 0.2) is 22.8 Å². The van der Waals surface area contributed by atoms with E-state index in [9.17, 15) is 4.79 Å². The second-order valence-electron chi connectivity index (χ2n) is 4.90. The topological polar surface area (TPSA) is 81.2 Å². The monoisotopic (exact) mass is 265 g/mol. The summed E-state index contributed by atoms with van der Waals surface area (Å²) >= 11 is 1.28. The molecule has 5 nitrogen and oxygen atoms in total. The molecule has 0 saturated heterocycles. The molecule has 0 aliphatic rings. The molecule has 2 aromatic heterocycles. The highest BCUT2D eigenvalue weighted by atomic mass is 32.1. The van der Waals surface area contributed by atoms with Gasteiger partial charge in [0.05, 0.1) is 12.0 Å². The average molecular weight is 265 g/mol. The van der Waals surface area contributed by atoms with Crippen molar-refractivity contribution < 1.29 is 9.21 Å². The number of nitrogen functional groups attached to an aromatic ring is 1. The van der Waals surface area contributed by atoms with Crippen molar-refractivity contribution in [2.45, 2.75) is 26.2 Å². The number of nitrogens with two attached hydrogens (primary N) is 1. The van der Waals surface area contributed by atoms with E-state index >= 15 is 0 Å². The van der Waals surface area contributed by atoms with Crippen molar-refractivity contribution in [3.05, 3.63) is 29.0 Å². The minimum absolute atomic E-state index is 0.233. The predicted octanol–water partition coefficient (Wildman–Crippen LogP) is 2.30. The van der Waals surface area contributed by atoms with Crippen LogP contribution >= 0.6 is 11.3 Å². The Hall–Kier alpha value is -1.66. The highest BCUT2D eigenvalue weighted by Gasteiger charge is 2.27. The summed E-state index contributed by atoms with van der Waals surface area (Å²) in [4.78, 5) is 16.8. The molecule has 0 atom stereocenters. The van der Waals surface area contributed by atoms with Crippen LogP contribution in [0.2, 0.25) is 0 Å². The second kappa shape index (κ2) is 4.55. The van der Waals surface area contributed by atoms with Crippen molar-refractivity contribution in [2.24, 2.45) is 5.84 Å². The van der Waals surface area contributed by atoms with Crippen LogP contribution in [0.1, 0.15) is 36.1 Å². The van der Waals surface area contributed by atoms with E-state index in [0.29, 0.717) is 15.6 Å². The van der Waals surface area contributed by atoms with Gasteiger partial charge < -0.3 is 4.42 Å². The Kier molecular flexibility index (Phi) is 3.23. The fraction of sp³-hybridized carbons (Fsp3) is 0.333. The minimum Gasteiger partial charge on any atom is -0.462 e. The molecule has 0 aliphatic carbocycles. The third-order valence-corrected chi connectivity index (χ3v) is 3.48. The lowest BCUT2D eigenvalue weighted by atomic mass is 9.91.